The predicted molar refractivity (Wildman–Crippen MR) is 54.0 cm³/mol. The maximum atomic E-state index is 2.38. The minimum atomic E-state index is 0.764. The molecule has 0 saturated heterocycles. The summed E-state index contributed by atoms with van der Waals surface area (Å²) in [4.78, 5) is 2.38. The van der Waals surface area contributed by atoms with Crippen molar-refractivity contribution in [2.75, 3.05) is 13.6 Å². The topological polar surface area (TPSA) is 3.24 Å². The Balaban J connectivity index is 0. The van der Waals surface area contributed by atoms with Crippen LogP contribution in [-0.2, 0) is 0 Å². The maximum Gasteiger partial charge on any atom is 0.00636 e. The third-order valence-electron chi connectivity index (χ3n) is 1.96. The van der Waals surface area contributed by atoms with Crippen LogP contribution in [0.4, 0.5) is 0 Å². The summed E-state index contributed by atoms with van der Waals surface area (Å²) in [6, 6.07) is 0.764. The molecule has 0 amide bonds. The Morgan fingerprint density at radius 3 is 1.91 bits per heavy atom. The van der Waals surface area contributed by atoms with E-state index in [2.05, 4.69) is 32.7 Å². The Kier molecular flexibility index (Phi) is 12.3. The quantitative estimate of drug-likeness (QED) is 0.609. The molecule has 11 heavy (non-hydrogen) atoms. The third kappa shape index (κ3) is 7.86. The summed E-state index contributed by atoms with van der Waals surface area (Å²) in [5, 5.41) is 0. The van der Waals surface area contributed by atoms with E-state index in [4.69, 9.17) is 0 Å². The first-order chi connectivity index (χ1) is 5.22. The van der Waals surface area contributed by atoms with E-state index in [0.29, 0.717) is 0 Å². The van der Waals surface area contributed by atoms with Crippen LogP contribution in [0, 0.1) is 0 Å². The van der Waals surface area contributed by atoms with Crippen molar-refractivity contribution in [1.29, 1.82) is 0 Å². The van der Waals surface area contributed by atoms with Crippen LogP contribution in [0.5, 0.6) is 0 Å². The zero-order chi connectivity index (χ0) is 9.28. The standard InChI is InChI=1S/C8H19N.C2H6/c1-5-7-8(3)9(4)6-2;1-2/h8H,5-7H2,1-4H3;1-2H3. The van der Waals surface area contributed by atoms with Crippen LogP contribution in [0.15, 0.2) is 0 Å². The average Bonchev–Trinajstić information content (AvgIpc) is 2.07. The second-order valence-electron chi connectivity index (χ2n) is 2.71. The summed E-state index contributed by atoms with van der Waals surface area (Å²) in [5.74, 6) is 0. The van der Waals surface area contributed by atoms with Crippen LogP contribution in [-0.4, -0.2) is 24.5 Å². The van der Waals surface area contributed by atoms with Gasteiger partial charge in [-0.1, -0.05) is 34.1 Å². The molecule has 0 radical (unpaired) electrons. The largest absolute Gasteiger partial charge is 0.304 e. The SMILES string of the molecule is CC.CCCC(C)N(C)CC. The summed E-state index contributed by atoms with van der Waals surface area (Å²) in [5.41, 5.74) is 0. The first-order valence-electron chi connectivity index (χ1n) is 4.92. The second-order valence-corrected chi connectivity index (χ2v) is 2.71. The number of nitrogens with zero attached hydrogens (tertiary/aromatic N) is 1. The van der Waals surface area contributed by atoms with E-state index < -0.39 is 0 Å². The van der Waals surface area contributed by atoms with Gasteiger partial charge in [0.15, 0.2) is 0 Å². The van der Waals surface area contributed by atoms with E-state index in [1.165, 1.54) is 19.4 Å². The molecule has 0 aromatic rings. The van der Waals surface area contributed by atoms with Gasteiger partial charge in [-0.2, -0.15) is 0 Å². The second kappa shape index (κ2) is 9.96. The molecule has 0 bridgehead atoms. The Morgan fingerprint density at radius 1 is 1.18 bits per heavy atom. The van der Waals surface area contributed by atoms with Gasteiger partial charge in [0.25, 0.3) is 0 Å². The summed E-state index contributed by atoms with van der Waals surface area (Å²) in [6.45, 7) is 11.9. The van der Waals surface area contributed by atoms with Crippen molar-refractivity contribution >= 4 is 0 Å². The summed E-state index contributed by atoms with van der Waals surface area (Å²) < 4.78 is 0. The van der Waals surface area contributed by atoms with Crippen LogP contribution in [0.3, 0.4) is 0 Å². The molecule has 70 valence electrons. The van der Waals surface area contributed by atoms with Crippen molar-refractivity contribution in [2.45, 2.75) is 53.5 Å². The minimum Gasteiger partial charge on any atom is -0.304 e. The Bertz CT molecular complexity index is 61.9. The molecule has 0 heterocycles. The fourth-order valence-corrected chi connectivity index (χ4v) is 0.950. The molecule has 1 unspecified atom stereocenters. The molecule has 0 spiro atoms. The Morgan fingerprint density at radius 2 is 1.64 bits per heavy atom. The highest BCUT2D eigenvalue weighted by atomic mass is 15.1. The number of rotatable bonds is 4. The lowest BCUT2D eigenvalue weighted by Gasteiger charge is -2.21. The third-order valence-corrected chi connectivity index (χ3v) is 1.96. The lowest BCUT2D eigenvalue weighted by molar-refractivity contribution is 0.257. The molecule has 1 nitrogen and oxygen atoms in total. The molecule has 0 aliphatic rings. The molecular formula is C10H25N. The molecular weight excluding hydrogens is 134 g/mol. The summed E-state index contributed by atoms with van der Waals surface area (Å²) >= 11 is 0. The van der Waals surface area contributed by atoms with E-state index in [-0.39, 0.29) is 0 Å². The van der Waals surface area contributed by atoms with Crippen LogP contribution < -0.4 is 0 Å². The smallest absolute Gasteiger partial charge is 0.00636 e. The summed E-state index contributed by atoms with van der Waals surface area (Å²) in [7, 11) is 2.18. The monoisotopic (exact) mass is 159 g/mol. The van der Waals surface area contributed by atoms with Gasteiger partial charge in [0, 0.05) is 6.04 Å². The zero-order valence-electron chi connectivity index (χ0n) is 9.15. The zero-order valence-corrected chi connectivity index (χ0v) is 9.15. The first kappa shape index (κ1) is 13.5. The van der Waals surface area contributed by atoms with Crippen LogP contribution in [0.25, 0.3) is 0 Å². The van der Waals surface area contributed by atoms with Crippen molar-refractivity contribution in [3.05, 3.63) is 0 Å². The first-order valence-corrected chi connectivity index (χ1v) is 4.92. The van der Waals surface area contributed by atoms with Gasteiger partial charge in [0.2, 0.25) is 0 Å². The highest BCUT2D eigenvalue weighted by Crippen LogP contribution is 2.01. The predicted octanol–water partition coefficient (Wildman–Crippen LogP) is 3.15. The van der Waals surface area contributed by atoms with Gasteiger partial charge >= 0.3 is 0 Å². The average molecular weight is 159 g/mol. The van der Waals surface area contributed by atoms with E-state index in [9.17, 15) is 0 Å². The van der Waals surface area contributed by atoms with Gasteiger partial charge in [-0.15, -0.1) is 0 Å². The van der Waals surface area contributed by atoms with Gasteiger partial charge < -0.3 is 4.90 Å². The fourth-order valence-electron chi connectivity index (χ4n) is 0.950. The molecule has 0 aliphatic heterocycles. The van der Waals surface area contributed by atoms with Crippen molar-refractivity contribution in [3.63, 3.8) is 0 Å². The van der Waals surface area contributed by atoms with Gasteiger partial charge in [-0.05, 0) is 26.9 Å². The number of hydrogen-bond acceptors (Lipinski definition) is 1. The highest BCUT2D eigenvalue weighted by molar-refractivity contribution is 4.59. The lowest BCUT2D eigenvalue weighted by Crippen LogP contribution is -2.28. The molecule has 0 aliphatic carbocycles. The van der Waals surface area contributed by atoms with Gasteiger partial charge in [-0.25, -0.2) is 0 Å². The molecule has 0 fully saturated rings. The van der Waals surface area contributed by atoms with E-state index in [0.717, 1.165) is 6.04 Å². The molecule has 0 N–H and O–H groups in total. The molecule has 1 atom stereocenters. The maximum absolute atomic E-state index is 2.38. The van der Waals surface area contributed by atoms with E-state index in [1.54, 1.807) is 0 Å². The molecule has 0 aromatic heterocycles. The molecule has 0 rings (SSSR count). The van der Waals surface area contributed by atoms with Crippen molar-refractivity contribution in [3.8, 4) is 0 Å². The lowest BCUT2D eigenvalue weighted by atomic mass is 10.2. The fraction of sp³-hybridized carbons (Fsp3) is 1.00. The van der Waals surface area contributed by atoms with Crippen LogP contribution >= 0.6 is 0 Å². The van der Waals surface area contributed by atoms with Gasteiger partial charge in [0.1, 0.15) is 0 Å². The highest BCUT2D eigenvalue weighted by Gasteiger charge is 2.03. The van der Waals surface area contributed by atoms with Crippen LogP contribution in [0.1, 0.15) is 47.5 Å². The Hall–Kier alpha value is -0.0400. The van der Waals surface area contributed by atoms with Crippen LogP contribution in [0.2, 0.25) is 0 Å². The minimum absolute atomic E-state index is 0.764. The van der Waals surface area contributed by atoms with E-state index in [1.807, 2.05) is 13.8 Å². The summed E-state index contributed by atoms with van der Waals surface area (Å²) in [6.07, 6.45) is 2.62. The van der Waals surface area contributed by atoms with Gasteiger partial charge in [0.05, 0.1) is 0 Å². The normalized spacial score (nSPS) is 12.3. The van der Waals surface area contributed by atoms with Gasteiger partial charge in [-0.3, -0.25) is 0 Å². The van der Waals surface area contributed by atoms with Crippen molar-refractivity contribution in [2.24, 2.45) is 0 Å². The molecule has 1 heteroatoms. The van der Waals surface area contributed by atoms with E-state index >= 15 is 0 Å². The Labute approximate surface area is 72.8 Å². The number of hydrogen-bond donors (Lipinski definition) is 0. The van der Waals surface area contributed by atoms with Crippen molar-refractivity contribution in [1.82, 2.24) is 4.90 Å². The van der Waals surface area contributed by atoms with Crippen molar-refractivity contribution < 1.29 is 0 Å². The molecule has 0 aromatic carbocycles. The molecule has 0 saturated carbocycles.